The Hall–Kier alpha value is -3.00. The largest absolute Gasteiger partial charge is 0.416 e. The minimum Gasteiger partial charge on any atom is -0.416 e. The van der Waals surface area contributed by atoms with Gasteiger partial charge in [-0.25, -0.2) is 0 Å². The number of aromatic nitrogens is 2. The number of aliphatic hydroxyl groups is 1. The minimum atomic E-state index is -4.39. The molecule has 0 saturated heterocycles. The van der Waals surface area contributed by atoms with Crippen molar-refractivity contribution < 1.29 is 27.5 Å². The van der Waals surface area contributed by atoms with Gasteiger partial charge in [0.1, 0.15) is 6.29 Å². The fourth-order valence-electron chi connectivity index (χ4n) is 2.16. The van der Waals surface area contributed by atoms with E-state index in [0.29, 0.717) is 16.7 Å². The first-order valence-electron chi connectivity index (χ1n) is 7.47. The van der Waals surface area contributed by atoms with Crippen molar-refractivity contribution >= 4 is 11.9 Å². The van der Waals surface area contributed by atoms with Crippen molar-refractivity contribution in [2.24, 2.45) is 0 Å². The van der Waals surface area contributed by atoms with Crippen LogP contribution in [0.1, 0.15) is 22.7 Å². The first-order chi connectivity index (χ1) is 12.5. The van der Waals surface area contributed by atoms with E-state index in [1.54, 1.807) is 30.3 Å². The van der Waals surface area contributed by atoms with Crippen molar-refractivity contribution in [3.05, 3.63) is 65.6 Å². The van der Waals surface area contributed by atoms with E-state index in [1.165, 1.54) is 6.08 Å². The molecule has 1 heterocycles. The molecule has 3 rings (SSSR count). The van der Waals surface area contributed by atoms with E-state index in [9.17, 15) is 18.0 Å². The van der Waals surface area contributed by atoms with Crippen LogP contribution in [0, 0.1) is 0 Å². The van der Waals surface area contributed by atoms with Gasteiger partial charge in [0.2, 0.25) is 11.8 Å². The van der Waals surface area contributed by atoms with Gasteiger partial charge < -0.3 is 9.52 Å². The SMILES string of the molecule is CO.O=Cc1ccc(-c2nnc(C3=CCC=C(C(F)(F)F)C=C3)o2)cc1. The molecule has 0 saturated carbocycles. The second kappa shape index (κ2) is 8.39. The Morgan fingerprint density at radius 2 is 1.69 bits per heavy atom. The van der Waals surface area contributed by atoms with Crippen molar-refractivity contribution in [3.63, 3.8) is 0 Å². The topological polar surface area (TPSA) is 76.2 Å². The number of carbonyl (C=O) groups is 1. The number of hydrogen-bond donors (Lipinski definition) is 1. The highest BCUT2D eigenvalue weighted by molar-refractivity contribution is 5.76. The minimum absolute atomic E-state index is 0.114. The molecule has 1 aromatic heterocycles. The summed E-state index contributed by atoms with van der Waals surface area (Å²) in [6, 6.07) is 6.52. The third kappa shape index (κ3) is 4.54. The van der Waals surface area contributed by atoms with Crippen LogP contribution in [0.3, 0.4) is 0 Å². The van der Waals surface area contributed by atoms with Gasteiger partial charge in [-0.2, -0.15) is 13.2 Å². The van der Waals surface area contributed by atoms with Gasteiger partial charge in [0.15, 0.2) is 0 Å². The Balaban J connectivity index is 0.00000117. The molecule has 26 heavy (non-hydrogen) atoms. The van der Waals surface area contributed by atoms with Gasteiger partial charge in [-0.15, -0.1) is 10.2 Å². The van der Waals surface area contributed by atoms with Crippen molar-refractivity contribution in [2.75, 3.05) is 7.11 Å². The lowest BCUT2D eigenvalue weighted by Crippen LogP contribution is -2.09. The Labute approximate surface area is 147 Å². The van der Waals surface area contributed by atoms with Crippen LogP contribution in [0.4, 0.5) is 13.2 Å². The highest BCUT2D eigenvalue weighted by atomic mass is 19.4. The lowest BCUT2D eigenvalue weighted by atomic mass is 10.1. The summed E-state index contributed by atoms with van der Waals surface area (Å²) in [6.45, 7) is 0. The number of hydrogen-bond acceptors (Lipinski definition) is 5. The average molecular weight is 364 g/mol. The van der Waals surface area contributed by atoms with Crippen molar-refractivity contribution in [1.82, 2.24) is 10.2 Å². The fourth-order valence-corrected chi connectivity index (χ4v) is 2.16. The van der Waals surface area contributed by atoms with Crippen LogP contribution in [0.2, 0.25) is 0 Å². The van der Waals surface area contributed by atoms with Crippen LogP contribution in [0.5, 0.6) is 0 Å². The van der Waals surface area contributed by atoms with Crippen LogP contribution in [-0.2, 0) is 0 Å². The van der Waals surface area contributed by atoms with Crippen molar-refractivity contribution in [2.45, 2.75) is 12.6 Å². The lowest BCUT2D eigenvalue weighted by molar-refractivity contribution is -0.0883. The molecule has 1 aromatic carbocycles. The molecule has 0 bridgehead atoms. The maximum absolute atomic E-state index is 12.7. The van der Waals surface area contributed by atoms with Gasteiger partial charge in [0.25, 0.3) is 0 Å². The number of benzene rings is 1. The van der Waals surface area contributed by atoms with Gasteiger partial charge in [-0.05, 0) is 30.7 Å². The zero-order valence-corrected chi connectivity index (χ0v) is 13.7. The predicted molar refractivity (Wildman–Crippen MR) is 89.1 cm³/mol. The molecule has 136 valence electrons. The Bertz CT molecular complexity index is 847. The first-order valence-corrected chi connectivity index (χ1v) is 7.47. The van der Waals surface area contributed by atoms with Gasteiger partial charge in [-0.3, -0.25) is 4.79 Å². The van der Waals surface area contributed by atoms with Crippen molar-refractivity contribution in [3.8, 4) is 11.5 Å². The van der Waals surface area contributed by atoms with Gasteiger partial charge in [0.05, 0.1) is 5.57 Å². The summed E-state index contributed by atoms with van der Waals surface area (Å²) in [4.78, 5) is 10.6. The molecule has 2 aromatic rings. The van der Waals surface area contributed by atoms with E-state index in [4.69, 9.17) is 9.52 Å². The van der Waals surface area contributed by atoms with E-state index >= 15 is 0 Å². The monoisotopic (exact) mass is 364 g/mol. The normalized spacial score (nSPS) is 13.9. The number of alkyl halides is 3. The van der Waals surface area contributed by atoms with E-state index < -0.39 is 11.7 Å². The summed E-state index contributed by atoms with van der Waals surface area (Å²) in [5.41, 5.74) is 0.844. The smallest absolute Gasteiger partial charge is 0.416 e. The fraction of sp³-hybridized carbons (Fsp3) is 0.167. The number of rotatable bonds is 3. The maximum atomic E-state index is 12.7. The van der Waals surface area contributed by atoms with Crippen molar-refractivity contribution in [1.29, 1.82) is 0 Å². The van der Waals surface area contributed by atoms with Crippen LogP contribution in [-0.4, -0.2) is 34.9 Å². The third-order valence-corrected chi connectivity index (χ3v) is 3.41. The Morgan fingerprint density at radius 1 is 1.04 bits per heavy atom. The molecule has 0 spiro atoms. The standard InChI is InChI=1S/C17H11F3N2O2.CH4O/c18-17(19,20)14-3-1-2-12(8-9-14)15-21-22-16(24-15)13-6-4-11(10-23)5-7-13;1-2/h2-10H,1H2;2H,1H3. The second-order valence-electron chi connectivity index (χ2n) is 5.04. The number of aliphatic hydroxyl groups excluding tert-OH is 1. The van der Waals surface area contributed by atoms with E-state index in [1.807, 2.05) is 0 Å². The molecule has 1 aliphatic rings. The molecule has 0 fully saturated rings. The average Bonchev–Trinajstić information content (AvgIpc) is 2.99. The van der Waals surface area contributed by atoms with Crippen LogP contribution in [0.15, 0.2) is 58.6 Å². The summed E-state index contributed by atoms with van der Waals surface area (Å²) < 4.78 is 43.7. The number of halogens is 3. The summed E-state index contributed by atoms with van der Waals surface area (Å²) in [6.07, 6.45) is 1.42. The first kappa shape index (κ1) is 19.3. The summed E-state index contributed by atoms with van der Waals surface area (Å²) >= 11 is 0. The highest BCUT2D eigenvalue weighted by Crippen LogP contribution is 2.31. The zero-order valence-electron chi connectivity index (χ0n) is 13.7. The second-order valence-corrected chi connectivity index (χ2v) is 5.04. The molecular formula is C18H15F3N2O3. The molecule has 0 unspecified atom stereocenters. The molecular weight excluding hydrogens is 349 g/mol. The third-order valence-electron chi connectivity index (χ3n) is 3.41. The molecule has 1 aliphatic carbocycles. The lowest BCUT2D eigenvalue weighted by Gasteiger charge is -2.05. The van der Waals surface area contributed by atoms with Gasteiger partial charge in [-0.1, -0.05) is 24.3 Å². The predicted octanol–water partition coefficient (Wildman–Crippen LogP) is 3.99. The molecule has 0 aliphatic heterocycles. The number of nitrogens with zero attached hydrogens (tertiary/aromatic N) is 2. The van der Waals surface area contributed by atoms with Gasteiger partial charge in [0, 0.05) is 23.8 Å². The van der Waals surface area contributed by atoms with E-state index in [0.717, 1.165) is 25.5 Å². The van der Waals surface area contributed by atoms with Crippen LogP contribution >= 0.6 is 0 Å². The molecule has 0 amide bonds. The zero-order chi connectivity index (χ0) is 19.2. The van der Waals surface area contributed by atoms with Crippen LogP contribution < -0.4 is 0 Å². The van der Waals surface area contributed by atoms with Gasteiger partial charge >= 0.3 is 6.18 Å². The molecule has 8 heteroatoms. The molecule has 5 nitrogen and oxygen atoms in total. The Morgan fingerprint density at radius 3 is 2.31 bits per heavy atom. The molecule has 0 radical (unpaired) electrons. The quantitative estimate of drug-likeness (QED) is 0.834. The maximum Gasteiger partial charge on any atom is 0.416 e. The number of carbonyl (C=O) groups excluding carboxylic acids is 1. The molecule has 0 atom stereocenters. The number of aldehydes is 1. The molecule has 1 N–H and O–H groups in total. The summed E-state index contributed by atoms with van der Waals surface area (Å²) in [5.74, 6) is 0.363. The Kier molecular flexibility index (Phi) is 6.24. The highest BCUT2D eigenvalue weighted by Gasteiger charge is 2.31. The number of allylic oxidation sites excluding steroid dienone is 6. The van der Waals surface area contributed by atoms with E-state index in [2.05, 4.69) is 10.2 Å². The van der Waals surface area contributed by atoms with Crippen LogP contribution in [0.25, 0.3) is 17.0 Å². The van der Waals surface area contributed by atoms with E-state index in [-0.39, 0.29) is 18.2 Å². The summed E-state index contributed by atoms with van der Waals surface area (Å²) in [7, 11) is 1.00. The summed E-state index contributed by atoms with van der Waals surface area (Å²) in [5, 5.41) is 14.8.